The molecule has 1 N–H and O–H groups in total. The van der Waals surface area contributed by atoms with Gasteiger partial charge >= 0.3 is 0 Å². The van der Waals surface area contributed by atoms with Crippen LogP contribution in [0.25, 0.3) is 0 Å². The maximum absolute atomic E-state index is 12.8. The molecule has 3 rings (SSSR count). The summed E-state index contributed by atoms with van der Waals surface area (Å²) in [4.78, 5) is 12.7. The number of benzene rings is 2. The molecule has 1 fully saturated rings. The summed E-state index contributed by atoms with van der Waals surface area (Å²) in [5, 5.41) is 3.42. The van der Waals surface area contributed by atoms with Gasteiger partial charge in [-0.1, -0.05) is 41.4 Å². The summed E-state index contributed by atoms with van der Waals surface area (Å²) < 4.78 is 27.1. The first-order valence-corrected chi connectivity index (χ1v) is 10.8. The highest BCUT2D eigenvalue weighted by molar-refractivity contribution is 7.89. The highest BCUT2D eigenvalue weighted by Gasteiger charge is 2.33. The number of hydrogen-bond donors (Lipinski definition) is 1. The summed E-state index contributed by atoms with van der Waals surface area (Å²) in [6, 6.07) is 14.1. The lowest BCUT2D eigenvalue weighted by atomic mass is 9.98. The summed E-state index contributed by atoms with van der Waals surface area (Å²) in [6.07, 6.45) is 1.35. The molecule has 7 heteroatoms. The largest absolute Gasteiger partial charge is 0.352 e. The predicted molar refractivity (Wildman–Crippen MR) is 106 cm³/mol. The third-order valence-electron chi connectivity index (χ3n) is 4.79. The molecule has 0 aromatic heterocycles. The molecule has 0 saturated carbocycles. The van der Waals surface area contributed by atoms with Crippen LogP contribution >= 0.6 is 11.6 Å². The smallest absolute Gasteiger partial charge is 0.243 e. The SMILES string of the molecule is Cc1ccc(CNC(=O)C2CCCN(S(=O)(=O)c3ccc(Cl)cc3)C2)cc1. The number of sulfonamides is 1. The van der Waals surface area contributed by atoms with Crippen molar-refractivity contribution in [1.29, 1.82) is 0 Å². The zero-order valence-electron chi connectivity index (χ0n) is 15.2. The fourth-order valence-corrected chi connectivity index (χ4v) is 4.82. The van der Waals surface area contributed by atoms with Gasteiger partial charge in [-0.3, -0.25) is 4.79 Å². The van der Waals surface area contributed by atoms with Crippen molar-refractivity contribution in [2.75, 3.05) is 13.1 Å². The van der Waals surface area contributed by atoms with Crippen molar-refractivity contribution in [2.24, 2.45) is 5.92 Å². The van der Waals surface area contributed by atoms with Crippen LogP contribution in [0.2, 0.25) is 5.02 Å². The average Bonchev–Trinajstić information content (AvgIpc) is 2.68. The van der Waals surface area contributed by atoms with Crippen LogP contribution in [-0.2, 0) is 21.4 Å². The number of carbonyl (C=O) groups excluding carboxylic acids is 1. The third-order valence-corrected chi connectivity index (χ3v) is 6.93. The minimum Gasteiger partial charge on any atom is -0.352 e. The van der Waals surface area contributed by atoms with Crippen molar-refractivity contribution in [2.45, 2.75) is 31.2 Å². The van der Waals surface area contributed by atoms with E-state index in [0.29, 0.717) is 31.0 Å². The maximum Gasteiger partial charge on any atom is 0.243 e. The molecule has 0 spiro atoms. The molecule has 1 unspecified atom stereocenters. The minimum absolute atomic E-state index is 0.105. The minimum atomic E-state index is -3.62. The first kappa shape index (κ1) is 19.9. The van der Waals surface area contributed by atoms with E-state index in [9.17, 15) is 13.2 Å². The van der Waals surface area contributed by atoms with E-state index in [4.69, 9.17) is 11.6 Å². The van der Waals surface area contributed by atoms with Gasteiger partial charge in [-0.15, -0.1) is 0 Å². The van der Waals surface area contributed by atoms with Gasteiger partial charge in [0.25, 0.3) is 0 Å². The van der Waals surface area contributed by atoms with Crippen LogP contribution in [0.1, 0.15) is 24.0 Å². The predicted octanol–water partition coefficient (Wildman–Crippen LogP) is 3.37. The van der Waals surface area contributed by atoms with Crippen molar-refractivity contribution in [3.05, 3.63) is 64.7 Å². The fraction of sp³-hybridized carbons (Fsp3) is 0.350. The zero-order valence-corrected chi connectivity index (χ0v) is 16.8. The molecular weight excluding hydrogens is 384 g/mol. The molecular formula is C20H23ClN2O3S. The number of amides is 1. The summed E-state index contributed by atoms with van der Waals surface area (Å²) in [6.45, 7) is 3.08. The van der Waals surface area contributed by atoms with E-state index >= 15 is 0 Å². The molecule has 0 bridgehead atoms. The topological polar surface area (TPSA) is 66.5 Å². The molecule has 1 saturated heterocycles. The highest BCUT2D eigenvalue weighted by Crippen LogP contribution is 2.25. The van der Waals surface area contributed by atoms with Crippen LogP contribution in [0.3, 0.4) is 0 Å². The van der Waals surface area contributed by atoms with Gasteiger partial charge in [-0.25, -0.2) is 8.42 Å². The molecule has 1 heterocycles. The van der Waals surface area contributed by atoms with E-state index in [1.54, 1.807) is 12.1 Å². The summed E-state index contributed by atoms with van der Waals surface area (Å²) >= 11 is 5.84. The summed E-state index contributed by atoms with van der Waals surface area (Å²) in [7, 11) is -3.62. The van der Waals surface area contributed by atoms with Gasteiger partial charge in [-0.2, -0.15) is 4.31 Å². The number of piperidine rings is 1. The second-order valence-corrected chi connectivity index (χ2v) is 9.23. The highest BCUT2D eigenvalue weighted by atomic mass is 35.5. The Hall–Kier alpha value is -1.89. The fourth-order valence-electron chi connectivity index (χ4n) is 3.17. The van der Waals surface area contributed by atoms with Crippen molar-refractivity contribution in [3.8, 4) is 0 Å². The molecule has 1 aliphatic heterocycles. The number of nitrogens with one attached hydrogen (secondary N) is 1. The van der Waals surface area contributed by atoms with Gasteiger partial charge < -0.3 is 5.32 Å². The Morgan fingerprint density at radius 2 is 1.81 bits per heavy atom. The normalized spacial score (nSPS) is 18.2. The Bertz CT molecular complexity index is 896. The van der Waals surface area contributed by atoms with Crippen LogP contribution in [0.4, 0.5) is 0 Å². The number of carbonyl (C=O) groups is 1. The van der Waals surface area contributed by atoms with Gasteiger partial charge in [0.05, 0.1) is 10.8 Å². The van der Waals surface area contributed by atoms with Gasteiger partial charge in [0.1, 0.15) is 0 Å². The summed E-state index contributed by atoms with van der Waals surface area (Å²) in [5.74, 6) is -0.446. The molecule has 0 radical (unpaired) electrons. The number of hydrogen-bond acceptors (Lipinski definition) is 3. The number of rotatable bonds is 5. The van der Waals surface area contributed by atoms with E-state index in [1.807, 2.05) is 31.2 Å². The molecule has 2 aromatic rings. The first-order valence-electron chi connectivity index (χ1n) is 8.95. The van der Waals surface area contributed by atoms with Gasteiger partial charge in [0, 0.05) is 24.7 Å². The lowest BCUT2D eigenvalue weighted by Gasteiger charge is -2.31. The lowest BCUT2D eigenvalue weighted by molar-refractivity contribution is -0.126. The monoisotopic (exact) mass is 406 g/mol. The number of nitrogens with zero attached hydrogens (tertiary/aromatic N) is 1. The van der Waals surface area contributed by atoms with Crippen molar-refractivity contribution in [1.82, 2.24) is 9.62 Å². The first-order chi connectivity index (χ1) is 12.9. The van der Waals surface area contributed by atoms with Crippen LogP contribution in [0.15, 0.2) is 53.4 Å². The van der Waals surface area contributed by atoms with Crippen LogP contribution in [0, 0.1) is 12.8 Å². The molecule has 27 heavy (non-hydrogen) atoms. The molecule has 0 aliphatic carbocycles. The average molecular weight is 407 g/mol. The van der Waals surface area contributed by atoms with Crippen LogP contribution in [0.5, 0.6) is 0 Å². The van der Waals surface area contributed by atoms with E-state index in [2.05, 4.69) is 5.32 Å². The van der Waals surface area contributed by atoms with Crippen LogP contribution < -0.4 is 5.32 Å². The Morgan fingerprint density at radius 1 is 1.15 bits per heavy atom. The maximum atomic E-state index is 12.8. The van der Waals surface area contributed by atoms with Gasteiger partial charge in [0.15, 0.2) is 0 Å². The molecule has 2 aromatic carbocycles. The third kappa shape index (κ3) is 4.89. The van der Waals surface area contributed by atoms with Crippen molar-refractivity contribution in [3.63, 3.8) is 0 Å². The second-order valence-electron chi connectivity index (χ2n) is 6.86. The molecule has 144 valence electrons. The Balaban J connectivity index is 1.63. The van der Waals surface area contributed by atoms with Crippen molar-refractivity contribution >= 4 is 27.5 Å². The van der Waals surface area contributed by atoms with Gasteiger partial charge in [-0.05, 0) is 49.6 Å². The van der Waals surface area contributed by atoms with E-state index in [0.717, 1.165) is 5.56 Å². The summed E-state index contributed by atoms with van der Waals surface area (Å²) in [5.41, 5.74) is 2.19. The zero-order chi connectivity index (χ0) is 19.4. The van der Waals surface area contributed by atoms with Crippen LogP contribution in [-0.4, -0.2) is 31.7 Å². The molecule has 5 nitrogen and oxygen atoms in total. The standard InChI is InChI=1S/C20H23ClN2O3S/c1-15-4-6-16(7-5-15)13-22-20(24)17-3-2-12-23(14-17)27(25,26)19-10-8-18(21)9-11-19/h4-11,17H,2-3,12-14H2,1H3,(H,22,24). The van der Waals surface area contributed by atoms with E-state index in [-0.39, 0.29) is 23.3 Å². The lowest BCUT2D eigenvalue weighted by Crippen LogP contribution is -2.45. The Morgan fingerprint density at radius 3 is 2.48 bits per heavy atom. The van der Waals surface area contributed by atoms with Gasteiger partial charge in [0.2, 0.25) is 15.9 Å². The second kappa shape index (κ2) is 8.42. The van der Waals surface area contributed by atoms with Crippen molar-refractivity contribution < 1.29 is 13.2 Å². The number of halogens is 1. The molecule has 1 aliphatic rings. The number of aryl methyl sites for hydroxylation is 1. The van der Waals surface area contributed by atoms with E-state index in [1.165, 1.54) is 22.0 Å². The molecule has 1 atom stereocenters. The Labute approximate surface area is 165 Å². The Kier molecular flexibility index (Phi) is 6.19. The quantitative estimate of drug-likeness (QED) is 0.827. The van der Waals surface area contributed by atoms with E-state index < -0.39 is 10.0 Å². The molecule has 1 amide bonds.